The summed E-state index contributed by atoms with van der Waals surface area (Å²) in [5.41, 5.74) is 5.87. The first-order valence-electron chi connectivity index (χ1n) is 7.01. The molecule has 0 saturated heterocycles. The number of oxime groups is 1. The van der Waals surface area contributed by atoms with Gasteiger partial charge in [-0.1, -0.05) is 35.3 Å². The van der Waals surface area contributed by atoms with Gasteiger partial charge in [-0.15, -0.1) is 0 Å². The first-order chi connectivity index (χ1) is 11.8. The molecule has 1 aromatic carbocycles. The largest absolute Gasteiger partial charge is 0.380 e. The lowest BCUT2D eigenvalue weighted by atomic mass is 10.2. The SMILES string of the molecule is CCC(C(=O)O/N=C(\N)c1ccc(Cl)cc1Cl)n1cc([N+](=O)[O-])cn1. The summed E-state index contributed by atoms with van der Waals surface area (Å²) in [6, 6.07) is 3.68. The van der Waals surface area contributed by atoms with E-state index in [1.165, 1.54) is 12.1 Å². The van der Waals surface area contributed by atoms with Gasteiger partial charge in [-0.3, -0.25) is 14.8 Å². The molecule has 11 heteroatoms. The van der Waals surface area contributed by atoms with Crippen LogP contribution >= 0.6 is 23.2 Å². The Balaban J connectivity index is 2.14. The van der Waals surface area contributed by atoms with E-state index in [-0.39, 0.29) is 23.0 Å². The predicted octanol–water partition coefficient (Wildman–Crippen LogP) is 2.91. The van der Waals surface area contributed by atoms with Crippen molar-refractivity contribution < 1.29 is 14.6 Å². The van der Waals surface area contributed by atoms with Crippen molar-refractivity contribution in [3.05, 3.63) is 56.3 Å². The van der Waals surface area contributed by atoms with Crippen LogP contribution in [0, 0.1) is 10.1 Å². The molecule has 2 aromatic rings. The van der Waals surface area contributed by atoms with Gasteiger partial charge in [0.25, 0.3) is 0 Å². The summed E-state index contributed by atoms with van der Waals surface area (Å²) in [4.78, 5) is 27.1. The van der Waals surface area contributed by atoms with E-state index in [0.29, 0.717) is 10.6 Å². The fraction of sp³-hybridized carbons (Fsp3) is 0.214. The highest BCUT2D eigenvalue weighted by Gasteiger charge is 2.24. The summed E-state index contributed by atoms with van der Waals surface area (Å²) in [5, 5.41) is 18.7. The van der Waals surface area contributed by atoms with Gasteiger partial charge < -0.3 is 10.6 Å². The molecule has 1 atom stereocenters. The van der Waals surface area contributed by atoms with Gasteiger partial charge in [0.1, 0.15) is 12.4 Å². The van der Waals surface area contributed by atoms with Gasteiger partial charge in [0.15, 0.2) is 11.9 Å². The van der Waals surface area contributed by atoms with Gasteiger partial charge in [-0.25, -0.2) is 4.79 Å². The highest BCUT2D eigenvalue weighted by atomic mass is 35.5. The Bertz CT molecular complexity index is 836. The number of hydrogen-bond acceptors (Lipinski definition) is 6. The fourth-order valence-corrected chi connectivity index (χ4v) is 2.46. The summed E-state index contributed by atoms with van der Waals surface area (Å²) in [5.74, 6) is -0.884. The van der Waals surface area contributed by atoms with Gasteiger partial charge in [0.05, 0.1) is 9.95 Å². The molecule has 0 aliphatic heterocycles. The number of nitrogens with zero attached hydrogens (tertiary/aromatic N) is 4. The molecule has 2 N–H and O–H groups in total. The molecule has 0 bridgehead atoms. The summed E-state index contributed by atoms with van der Waals surface area (Å²) in [6.45, 7) is 1.70. The molecule has 2 rings (SSSR count). The van der Waals surface area contributed by atoms with Gasteiger partial charge in [-0.05, 0) is 24.6 Å². The van der Waals surface area contributed by atoms with Crippen LogP contribution in [-0.4, -0.2) is 26.5 Å². The molecule has 0 amide bonds. The van der Waals surface area contributed by atoms with Crippen molar-refractivity contribution >= 4 is 40.7 Å². The molecule has 0 spiro atoms. The number of nitrogens with two attached hydrogens (primary N) is 1. The Morgan fingerprint density at radius 3 is 2.80 bits per heavy atom. The van der Waals surface area contributed by atoms with Crippen molar-refractivity contribution in [2.75, 3.05) is 0 Å². The third kappa shape index (κ3) is 4.46. The van der Waals surface area contributed by atoms with Crippen LogP contribution in [0.2, 0.25) is 10.0 Å². The van der Waals surface area contributed by atoms with Gasteiger partial charge >= 0.3 is 11.7 Å². The second-order valence-corrected chi connectivity index (χ2v) is 5.71. The van der Waals surface area contributed by atoms with Crippen molar-refractivity contribution in [2.24, 2.45) is 10.9 Å². The first-order valence-corrected chi connectivity index (χ1v) is 7.77. The molecule has 0 aliphatic rings. The minimum Gasteiger partial charge on any atom is -0.380 e. The smallest absolute Gasteiger partial charge is 0.359 e. The van der Waals surface area contributed by atoms with E-state index in [4.69, 9.17) is 33.8 Å². The fourth-order valence-electron chi connectivity index (χ4n) is 1.96. The molecule has 9 nitrogen and oxygen atoms in total. The highest BCUT2D eigenvalue weighted by Crippen LogP contribution is 2.21. The Hall–Kier alpha value is -2.65. The number of carbonyl (C=O) groups excluding carboxylic acids is 1. The van der Waals surface area contributed by atoms with E-state index >= 15 is 0 Å². The summed E-state index contributed by atoms with van der Waals surface area (Å²) in [7, 11) is 0. The standard InChI is InChI=1S/C14H13Cl2N5O4/c1-2-12(20-7-9(6-18-20)21(23)24)14(22)25-19-13(17)10-4-3-8(15)5-11(10)16/h3-7,12H,2H2,1H3,(H2,17,19). The number of amidine groups is 1. The zero-order valence-corrected chi connectivity index (χ0v) is 14.4. The van der Waals surface area contributed by atoms with Gasteiger partial charge in [0, 0.05) is 10.6 Å². The molecule has 1 aromatic heterocycles. The molecule has 132 valence electrons. The number of hydrogen-bond donors (Lipinski definition) is 1. The lowest BCUT2D eigenvalue weighted by molar-refractivity contribution is -0.385. The van der Waals surface area contributed by atoms with Crippen LogP contribution in [0.3, 0.4) is 0 Å². The van der Waals surface area contributed by atoms with E-state index in [1.54, 1.807) is 13.0 Å². The minimum atomic E-state index is -0.883. The molecular weight excluding hydrogens is 373 g/mol. The lowest BCUT2D eigenvalue weighted by Gasteiger charge is -2.11. The van der Waals surface area contributed by atoms with Crippen molar-refractivity contribution in [1.82, 2.24) is 9.78 Å². The highest BCUT2D eigenvalue weighted by molar-refractivity contribution is 6.36. The Morgan fingerprint density at radius 2 is 2.24 bits per heavy atom. The van der Waals surface area contributed by atoms with Crippen LogP contribution < -0.4 is 5.73 Å². The number of nitro groups is 1. The monoisotopic (exact) mass is 385 g/mol. The number of halogens is 2. The Labute approximate surface area is 152 Å². The average molecular weight is 386 g/mol. The summed E-state index contributed by atoms with van der Waals surface area (Å²) < 4.78 is 1.14. The molecule has 0 radical (unpaired) electrons. The van der Waals surface area contributed by atoms with Crippen molar-refractivity contribution in [1.29, 1.82) is 0 Å². The average Bonchev–Trinajstić information content (AvgIpc) is 3.03. The molecule has 25 heavy (non-hydrogen) atoms. The maximum Gasteiger partial charge on any atom is 0.359 e. The lowest BCUT2D eigenvalue weighted by Crippen LogP contribution is -2.22. The number of rotatable bonds is 6. The van der Waals surface area contributed by atoms with E-state index in [9.17, 15) is 14.9 Å². The van der Waals surface area contributed by atoms with Crippen molar-refractivity contribution in [3.63, 3.8) is 0 Å². The van der Waals surface area contributed by atoms with Crippen LogP contribution in [0.5, 0.6) is 0 Å². The van der Waals surface area contributed by atoms with E-state index in [1.807, 2.05) is 0 Å². The van der Waals surface area contributed by atoms with E-state index in [0.717, 1.165) is 17.1 Å². The normalized spacial score (nSPS) is 12.7. The molecule has 1 unspecified atom stereocenters. The molecular formula is C14H13Cl2N5O4. The summed E-state index contributed by atoms with van der Waals surface area (Å²) >= 11 is 11.8. The van der Waals surface area contributed by atoms with Crippen LogP contribution in [0.4, 0.5) is 5.69 Å². The van der Waals surface area contributed by atoms with Crippen LogP contribution in [-0.2, 0) is 9.63 Å². The Morgan fingerprint density at radius 1 is 1.52 bits per heavy atom. The molecule has 0 saturated carbocycles. The third-order valence-corrected chi connectivity index (χ3v) is 3.77. The zero-order chi connectivity index (χ0) is 18.6. The molecule has 1 heterocycles. The third-order valence-electron chi connectivity index (χ3n) is 3.22. The van der Waals surface area contributed by atoms with Gasteiger partial charge in [-0.2, -0.15) is 5.10 Å². The predicted molar refractivity (Wildman–Crippen MR) is 91.5 cm³/mol. The number of carbonyl (C=O) groups is 1. The summed E-state index contributed by atoms with van der Waals surface area (Å²) in [6.07, 6.45) is 2.47. The van der Waals surface area contributed by atoms with E-state index in [2.05, 4.69) is 10.3 Å². The van der Waals surface area contributed by atoms with Crippen LogP contribution in [0.15, 0.2) is 35.7 Å². The quantitative estimate of drug-likeness (QED) is 0.267. The second-order valence-electron chi connectivity index (χ2n) is 4.87. The topological polar surface area (TPSA) is 126 Å². The van der Waals surface area contributed by atoms with Crippen molar-refractivity contribution in [2.45, 2.75) is 19.4 Å². The minimum absolute atomic E-state index is 0.115. The van der Waals surface area contributed by atoms with Crippen LogP contribution in [0.25, 0.3) is 0 Å². The van der Waals surface area contributed by atoms with Crippen LogP contribution in [0.1, 0.15) is 24.9 Å². The van der Waals surface area contributed by atoms with Crippen molar-refractivity contribution in [3.8, 4) is 0 Å². The van der Waals surface area contributed by atoms with Gasteiger partial charge in [0.2, 0.25) is 0 Å². The van der Waals surface area contributed by atoms with E-state index < -0.39 is 16.9 Å². The Kier molecular flexibility index (Phi) is 5.94. The maximum atomic E-state index is 12.2. The zero-order valence-electron chi connectivity index (χ0n) is 12.9. The first kappa shape index (κ1) is 18.7. The molecule has 0 aliphatic carbocycles. The molecule has 0 fully saturated rings. The second kappa shape index (κ2) is 7.95. The maximum absolute atomic E-state index is 12.2. The number of aromatic nitrogens is 2. The number of benzene rings is 1.